The molecule has 0 bridgehead atoms. The number of hydrogen-bond acceptors (Lipinski definition) is 7. The van der Waals surface area contributed by atoms with Crippen LogP contribution in [0.1, 0.15) is 39.7 Å². The summed E-state index contributed by atoms with van der Waals surface area (Å²) < 4.78 is 32.6. The largest absolute Gasteiger partial charge is 0.443 e. The van der Waals surface area contributed by atoms with Gasteiger partial charge in [0, 0.05) is 43.9 Å². The molecule has 1 fully saturated rings. The number of amides is 1. The highest BCUT2D eigenvalue weighted by Crippen LogP contribution is 2.66. The van der Waals surface area contributed by atoms with Crippen LogP contribution in [0.5, 0.6) is 0 Å². The van der Waals surface area contributed by atoms with Crippen molar-refractivity contribution in [2.24, 2.45) is 10.9 Å². The van der Waals surface area contributed by atoms with E-state index < -0.39 is 31.3 Å². The molecular weight excluding hydrogens is 553 g/mol. The molecule has 2 heterocycles. The van der Waals surface area contributed by atoms with E-state index in [2.05, 4.69) is 40.6 Å². The molecule has 1 unspecified atom stereocenters. The van der Waals surface area contributed by atoms with Crippen molar-refractivity contribution < 1.29 is 23.4 Å². The molecule has 1 amide bonds. The number of aliphatic imine (C=N–C) groups is 1. The number of nitrogens with zero attached hydrogens (tertiary/aromatic N) is 3. The Morgan fingerprint density at radius 3 is 2.66 bits per heavy atom. The molecule has 3 atom stereocenters. The summed E-state index contributed by atoms with van der Waals surface area (Å²) in [6.07, 6.45) is 1.66. The molecule has 1 aliphatic heterocycles. The smallest absolute Gasteiger partial charge is 0.418 e. The Kier molecular flexibility index (Phi) is 8.48. The molecular formula is C24H37BrFN3O4SSi. The van der Waals surface area contributed by atoms with Gasteiger partial charge in [0.1, 0.15) is 12.3 Å². The fourth-order valence-corrected chi connectivity index (χ4v) is 6.93. The summed E-state index contributed by atoms with van der Waals surface area (Å²) in [5.41, 5.74) is -1.24. The highest BCUT2D eigenvalue weighted by atomic mass is 79.9. The van der Waals surface area contributed by atoms with E-state index in [-0.39, 0.29) is 17.4 Å². The van der Waals surface area contributed by atoms with E-state index in [0.717, 1.165) is 12.5 Å². The molecule has 2 aliphatic rings. The van der Waals surface area contributed by atoms with Gasteiger partial charge < -0.3 is 14.2 Å². The molecule has 1 aromatic rings. The third kappa shape index (κ3) is 6.85. The first-order valence-electron chi connectivity index (χ1n) is 11.8. The lowest BCUT2D eigenvalue weighted by atomic mass is 9.87. The number of aromatic nitrogens is 1. The molecule has 0 N–H and O–H groups in total. The van der Waals surface area contributed by atoms with Crippen LogP contribution in [0.15, 0.2) is 21.7 Å². The van der Waals surface area contributed by atoms with Gasteiger partial charge in [-0.25, -0.2) is 14.7 Å². The van der Waals surface area contributed by atoms with Crippen LogP contribution in [0.4, 0.5) is 9.18 Å². The Morgan fingerprint density at radius 2 is 2.06 bits per heavy atom. The molecule has 0 aromatic carbocycles. The van der Waals surface area contributed by atoms with Crippen molar-refractivity contribution in [3.05, 3.63) is 28.2 Å². The number of amidine groups is 1. The van der Waals surface area contributed by atoms with Crippen LogP contribution in [0.25, 0.3) is 0 Å². The second-order valence-electron chi connectivity index (χ2n) is 11.6. The van der Waals surface area contributed by atoms with Crippen LogP contribution >= 0.6 is 27.7 Å². The number of carbonyl (C=O) groups is 1. The van der Waals surface area contributed by atoms with Crippen molar-refractivity contribution in [3.8, 4) is 0 Å². The van der Waals surface area contributed by atoms with Crippen LogP contribution in [-0.2, 0) is 19.7 Å². The minimum atomic E-state index is -1.30. The third-order valence-corrected chi connectivity index (χ3v) is 9.73. The number of methoxy groups -OCH3 is 1. The maximum Gasteiger partial charge on any atom is 0.418 e. The lowest BCUT2D eigenvalue weighted by molar-refractivity contribution is 0.0110. The fourth-order valence-electron chi connectivity index (χ4n) is 4.20. The second-order valence-corrected chi connectivity index (χ2v) is 19.6. The zero-order valence-corrected chi connectivity index (χ0v) is 25.3. The number of carbonyl (C=O) groups excluding carboxylic acids is 1. The van der Waals surface area contributed by atoms with Crippen molar-refractivity contribution in [3.63, 3.8) is 0 Å². The zero-order valence-electron chi connectivity index (χ0n) is 21.9. The molecule has 7 nitrogen and oxygen atoms in total. The summed E-state index contributed by atoms with van der Waals surface area (Å²) in [5.74, 6) is -0.540. The maximum atomic E-state index is 15.0. The van der Waals surface area contributed by atoms with Crippen LogP contribution in [-0.4, -0.2) is 66.6 Å². The van der Waals surface area contributed by atoms with Gasteiger partial charge in [-0.1, -0.05) is 31.4 Å². The van der Waals surface area contributed by atoms with Gasteiger partial charge in [-0.15, -0.1) is 0 Å². The summed E-state index contributed by atoms with van der Waals surface area (Å²) in [5, 5.41) is 0.444. The summed E-state index contributed by atoms with van der Waals surface area (Å²) in [4.78, 5) is 23.7. The SMILES string of the molecule is COC[C@]12CC1[C@@](C)(c1cc(Br)cnc1F)N=C(N(COCC[Si](C)(C)C)C(=O)OC(C)(C)C)S2. The van der Waals surface area contributed by atoms with Gasteiger partial charge in [0.15, 0.2) is 5.17 Å². The monoisotopic (exact) mass is 589 g/mol. The molecule has 1 aliphatic carbocycles. The Morgan fingerprint density at radius 1 is 1.37 bits per heavy atom. The quantitative estimate of drug-likeness (QED) is 0.154. The Bertz CT molecular complexity index is 986. The van der Waals surface area contributed by atoms with Gasteiger partial charge >= 0.3 is 6.09 Å². The topological polar surface area (TPSA) is 73.3 Å². The molecule has 11 heteroatoms. The number of hydrogen-bond donors (Lipinski definition) is 0. The molecule has 196 valence electrons. The average Bonchev–Trinajstić information content (AvgIpc) is 3.43. The maximum absolute atomic E-state index is 15.0. The van der Waals surface area contributed by atoms with E-state index in [0.29, 0.717) is 28.4 Å². The van der Waals surface area contributed by atoms with E-state index in [1.54, 1.807) is 13.2 Å². The first-order chi connectivity index (χ1) is 16.1. The van der Waals surface area contributed by atoms with Crippen LogP contribution in [0.3, 0.4) is 0 Å². The summed E-state index contributed by atoms with van der Waals surface area (Å²) >= 11 is 4.90. The summed E-state index contributed by atoms with van der Waals surface area (Å²) in [6.45, 7) is 15.2. The average molecular weight is 591 g/mol. The van der Waals surface area contributed by atoms with Crippen molar-refractivity contribution in [2.45, 2.75) is 75.7 Å². The first-order valence-corrected chi connectivity index (χ1v) is 17.1. The van der Waals surface area contributed by atoms with Crippen LogP contribution in [0, 0.1) is 11.9 Å². The van der Waals surface area contributed by atoms with Crippen molar-refractivity contribution in [1.82, 2.24) is 9.88 Å². The molecule has 1 saturated carbocycles. The fraction of sp³-hybridized carbons (Fsp3) is 0.708. The number of rotatable bonds is 8. The predicted molar refractivity (Wildman–Crippen MR) is 144 cm³/mol. The molecule has 1 aromatic heterocycles. The minimum Gasteiger partial charge on any atom is -0.443 e. The highest BCUT2D eigenvalue weighted by molar-refractivity contribution is 9.10. The van der Waals surface area contributed by atoms with E-state index in [9.17, 15) is 4.79 Å². The zero-order chi connectivity index (χ0) is 26.2. The van der Waals surface area contributed by atoms with Gasteiger partial charge in [0.25, 0.3) is 0 Å². The van der Waals surface area contributed by atoms with Crippen LogP contribution in [0.2, 0.25) is 25.7 Å². The number of ether oxygens (including phenoxy) is 3. The number of pyridine rings is 1. The predicted octanol–water partition coefficient (Wildman–Crippen LogP) is 6.26. The molecule has 0 spiro atoms. The van der Waals surface area contributed by atoms with E-state index in [1.165, 1.54) is 22.9 Å². The van der Waals surface area contributed by atoms with Gasteiger partial charge in [-0.3, -0.25) is 4.99 Å². The molecule has 0 radical (unpaired) electrons. The highest BCUT2D eigenvalue weighted by Gasteiger charge is 2.67. The van der Waals surface area contributed by atoms with Gasteiger partial charge in [-0.05, 0) is 62.2 Å². The second kappa shape index (κ2) is 10.4. The summed E-state index contributed by atoms with van der Waals surface area (Å²) in [7, 11) is 0.348. The van der Waals surface area contributed by atoms with Gasteiger partial charge in [0.2, 0.25) is 5.95 Å². The molecule has 3 rings (SSSR count). The van der Waals surface area contributed by atoms with Crippen molar-refractivity contribution in [2.75, 3.05) is 27.1 Å². The van der Waals surface area contributed by atoms with E-state index in [4.69, 9.17) is 19.2 Å². The first kappa shape index (κ1) is 28.6. The molecule has 0 saturated heterocycles. The van der Waals surface area contributed by atoms with Crippen molar-refractivity contribution >= 4 is 47.0 Å². The van der Waals surface area contributed by atoms with Gasteiger partial charge in [-0.2, -0.15) is 4.39 Å². The van der Waals surface area contributed by atoms with E-state index >= 15 is 4.39 Å². The number of halogens is 2. The lowest BCUT2D eigenvalue weighted by Gasteiger charge is -2.37. The van der Waals surface area contributed by atoms with Gasteiger partial charge in [0.05, 0.1) is 16.9 Å². The summed E-state index contributed by atoms with van der Waals surface area (Å²) in [6, 6.07) is 2.69. The number of thioether (sulfide) groups is 1. The van der Waals surface area contributed by atoms with Crippen molar-refractivity contribution in [1.29, 1.82) is 0 Å². The normalized spacial score (nSPS) is 26.1. The number of fused-ring (bicyclic) bond motifs is 1. The lowest BCUT2D eigenvalue weighted by Crippen LogP contribution is -2.46. The minimum absolute atomic E-state index is 0.00819. The van der Waals surface area contributed by atoms with Crippen LogP contribution < -0.4 is 0 Å². The third-order valence-electron chi connectivity index (χ3n) is 6.13. The Hall–Kier alpha value is -1.01. The standard InChI is InChI=1S/C24H37BrFN3O4SSi/c1-22(2,3)33-21(30)29(15-32-9-10-35(6,7)8)20-28-23(4,17-11-16(25)13-27-19(17)26)18-12-24(18,34-20)14-31-5/h11,13,18H,9-10,12,14-15H2,1-8H3/t18?,23-,24-/m1/s1. The Balaban J connectivity index is 2.00. The Labute approximate surface area is 221 Å². The molecule has 35 heavy (non-hydrogen) atoms. The van der Waals surface area contributed by atoms with E-state index in [1.807, 2.05) is 27.7 Å².